The van der Waals surface area contributed by atoms with E-state index in [9.17, 15) is 9.59 Å². The Balaban J connectivity index is 1.28. The lowest BCUT2D eigenvalue weighted by Gasteiger charge is -2.32. The molecule has 27 heavy (non-hydrogen) atoms. The number of rotatable bonds is 6. The summed E-state index contributed by atoms with van der Waals surface area (Å²) in [5, 5.41) is 3.05. The number of amides is 2. The summed E-state index contributed by atoms with van der Waals surface area (Å²) in [5.41, 5.74) is 1.62. The summed E-state index contributed by atoms with van der Waals surface area (Å²) in [6, 6.07) is 8.05. The highest BCUT2D eigenvalue weighted by atomic mass is 16.2. The summed E-state index contributed by atoms with van der Waals surface area (Å²) in [6.45, 7) is 1.53. The molecule has 1 aromatic carbocycles. The molecule has 6 heteroatoms. The Morgan fingerprint density at radius 3 is 2.70 bits per heavy atom. The van der Waals surface area contributed by atoms with Crippen molar-refractivity contribution in [3.8, 4) is 11.4 Å². The predicted octanol–water partition coefficient (Wildman–Crippen LogP) is 2.99. The minimum atomic E-state index is 0.0772. The Hall–Kier alpha value is -2.63. The number of aromatic amines is 1. The van der Waals surface area contributed by atoms with E-state index in [2.05, 4.69) is 15.3 Å². The highest BCUT2D eigenvalue weighted by molar-refractivity contribution is 5.95. The Morgan fingerprint density at radius 2 is 2.00 bits per heavy atom. The molecule has 0 bridgehead atoms. The van der Waals surface area contributed by atoms with Gasteiger partial charge in [0.25, 0.3) is 5.91 Å². The zero-order chi connectivity index (χ0) is 18.6. The van der Waals surface area contributed by atoms with Gasteiger partial charge in [-0.05, 0) is 50.2 Å². The summed E-state index contributed by atoms with van der Waals surface area (Å²) in [6.07, 6.45) is 9.23. The van der Waals surface area contributed by atoms with E-state index in [1.54, 1.807) is 12.4 Å². The van der Waals surface area contributed by atoms with E-state index in [0.717, 1.165) is 56.6 Å². The molecule has 2 fully saturated rings. The van der Waals surface area contributed by atoms with Gasteiger partial charge in [0, 0.05) is 49.1 Å². The minimum Gasteiger partial charge on any atom is -0.353 e. The molecule has 2 heterocycles. The quantitative estimate of drug-likeness (QED) is 0.825. The first-order valence-electron chi connectivity index (χ1n) is 9.87. The number of H-pyrrole nitrogens is 1. The molecule has 4 rings (SSSR count). The Morgan fingerprint density at radius 1 is 1.19 bits per heavy atom. The normalized spacial score (nSPS) is 17.7. The number of piperidine rings is 1. The number of hydrogen-bond donors (Lipinski definition) is 2. The van der Waals surface area contributed by atoms with Crippen LogP contribution in [0.4, 0.5) is 0 Å². The lowest BCUT2D eigenvalue weighted by atomic mass is 9.91. The average molecular weight is 366 g/mol. The van der Waals surface area contributed by atoms with Crippen LogP contribution >= 0.6 is 0 Å². The fourth-order valence-electron chi connectivity index (χ4n) is 3.69. The van der Waals surface area contributed by atoms with E-state index in [-0.39, 0.29) is 11.8 Å². The molecule has 1 saturated carbocycles. The van der Waals surface area contributed by atoms with Crippen molar-refractivity contribution in [1.29, 1.82) is 0 Å². The summed E-state index contributed by atoms with van der Waals surface area (Å²) < 4.78 is 0. The zero-order valence-corrected chi connectivity index (χ0v) is 15.5. The summed E-state index contributed by atoms with van der Waals surface area (Å²) in [7, 11) is 0. The van der Waals surface area contributed by atoms with Crippen LogP contribution in [0.5, 0.6) is 0 Å². The number of nitrogens with zero attached hydrogens (tertiary/aromatic N) is 2. The van der Waals surface area contributed by atoms with Crippen molar-refractivity contribution in [2.45, 2.75) is 44.6 Å². The van der Waals surface area contributed by atoms with Crippen molar-refractivity contribution in [3.05, 3.63) is 42.2 Å². The van der Waals surface area contributed by atoms with Gasteiger partial charge in [0.15, 0.2) is 0 Å². The molecule has 1 aromatic heterocycles. The molecule has 0 atom stereocenters. The first-order valence-corrected chi connectivity index (χ1v) is 9.87. The van der Waals surface area contributed by atoms with Crippen LogP contribution in [0.2, 0.25) is 0 Å². The van der Waals surface area contributed by atoms with Gasteiger partial charge in [-0.1, -0.05) is 12.1 Å². The third-order valence-electron chi connectivity index (χ3n) is 5.51. The predicted molar refractivity (Wildman–Crippen MR) is 103 cm³/mol. The van der Waals surface area contributed by atoms with Crippen molar-refractivity contribution in [2.24, 2.45) is 5.92 Å². The fraction of sp³-hybridized carbons (Fsp3) is 0.476. The molecule has 6 nitrogen and oxygen atoms in total. The Bertz CT molecular complexity index is 790. The van der Waals surface area contributed by atoms with E-state index in [1.165, 1.54) is 0 Å². The SMILES string of the molecule is O=C(CCC1CCN(C(=O)c2cccc(-c3ncc[nH]3)c2)CC1)NC1CC1. The van der Waals surface area contributed by atoms with Gasteiger partial charge in [0.2, 0.25) is 5.91 Å². The van der Waals surface area contributed by atoms with Crippen molar-refractivity contribution in [2.75, 3.05) is 13.1 Å². The lowest BCUT2D eigenvalue weighted by Crippen LogP contribution is -2.38. The molecular weight excluding hydrogens is 340 g/mol. The standard InChI is InChI=1S/C21H26N4O2/c26-19(24-18-5-6-18)7-4-15-8-12-25(13-9-15)21(27)17-3-1-2-16(14-17)20-22-10-11-23-20/h1-3,10-11,14-15,18H,4-9,12-13H2,(H,22,23)(H,24,26). The lowest BCUT2D eigenvalue weighted by molar-refractivity contribution is -0.121. The maximum Gasteiger partial charge on any atom is 0.253 e. The maximum atomic E-state index is 12.9. The number of carbonyl (C=O) groups excluding carboxylic acids is 2. The van der Waals surface area contributed by atoms with Gasteiger partial charge < -0.3 is 15.2 Å². The third-order valence-corrected chi connectivity index (χ3v) is 5.51. The highest BCUT2D eigenvalue weighted by Gasteiger charge is 2.26. The van der Waals surface area contributed by atoms with E-state index in [0.29, 0.717) is 23.9 Å². The number of hydrogen-bond acceptors (Lipinski definition) is 3. The second-order valence-corrected chi connectivity index (χ2v) is 7.63. The Labute approximate surface area is 159 Å². The van der Waals surface area contributed by atoms with Gasteiger partial charge >= 0.3 is 0 Å². The fourth-order valence-corrected chi connectivity index (χ4v) is 3.69. The van der Waals surface area contributed by atoms with Crippen molar-refractivity contribution < 1.29 is 9.59 Å². The van der Waals surface area contributed by atoms with Gasteiger partial charge in [0.05, 0.1) is 0 Å². The third kappa shape index (κ3) is 4.56. The molecule has 142 valence electrons. The molecule has 1 aliphatic heterocycles. The van der Waals surface area contributed by atoms with Crippen molar-refractivity contribution >= 4 is 11.8 Å². The summed E-state index contributed by atoms with van der Waals surface area (Å²) in [4.78, 5) is 34.0. The topological polar surface area (TPSA) is 78.1 Å². The molecule has 2 aliphatic rings. The minimum absolute atomic E-state index is 0.0772. The number of benzene rings is 1. The Kier molecular flexibility index (Phi) is 5.23. The van der Waals surface area contributed by atoms with Crippen LogP contribution in [-0.2, 0) is 4.79 Å². The first-order chi connectivity index (χ1) is 13.2. The smallest absolute Gasteiger partial charge is 0.253 e. The van der Waals surface area contributed by atoms with Crippen molar-refractivity contribution in [3.63, 3.8) is 0 Å². The van der Waals surface area contributed by atoms with Crippen molar-refractivity contribution in [1.82, 2.24) is 20.2 Å². The number of aromatic nitrogens is 2. The average Bonchev–Trinajstić information content (AvgIpc) is 3.34. The van der Waals surface area contributed by atoms with Crippen LogP contribution in [0, 0.1) is 5.92 Å². The van der Waals surface area contributed by atoms with Crippen LogP contribution in [0.1, 0.15) is 48.9 Å². The van der Waals surface area contributed by atoms with Gasteiger partial charge in [-0.3, -0.25) is 9.59 Å². The molecule has 0 radical (unpaired) electrons. The van der Waals surface area contributed by atoms with Gasteiger partial charge in [-0.25, -0.2) is 4.98 Å². The first kappa shape index (κ1) is 17.8. The van der Waals surface area contributed by atoms with Gasteiger partial charge in [-0.15, -0.1) is 0 Å². The molecule has 2 aromatic rings. The van der Waals surface area contributed by atoms with Crippen LogP contribution in [-0.4, -0.2) is 45.8 Å². The summed E-state index contributed by atoms with van der Waals surface area (Å²) in [5.74, 6) is 1.57. The second-order valence-electron chi connectivity index (χ2n) is 7.63. The van der Waals surface area contributed by atoms with E-state index < -0.39 is 0 Å². The molecule has 1 aliphatic carbocycles. The molecule has 2 amide bonds. The van der Waals surface area contributed by atoms with Crippen LogP contribution < -0.4 is 5.32 Å². The van der Waals surface area contributed by atoms with Crippen LogP contribution in [0.15, 0.2) is 36.7 Å². The largest absolute Gasteiger partial charge is 0.353 e. The van der Waals surface area contributed by atoms with E-state index >= 15 is 0 Å². The van der Waals surface area contributed by atoms with Crippen LogP contribution in [0.3, 0.4) is 0 Å². The molecule has 2 N–H and O–H groups in total. The molecule has 1 saturated heterocycles. The zero-order valence-electron chi connectivity index (χ0n) is 15.5. The summed E-state index contributed by atoms with van der Waals surface area (Å²) >= 11 is 0. The monoisotopic (exact) mass is 366 g/mol. The second kappa shape index (κ2) is 7.94. The molecule has 0 spiro atoms. The van der Waals surface area contributed by atoms with E-state index in [4.69, 9.17) is 0 Å². The number of likely N-dealkylation sites (tertiary alicyclic amines) is 1. The van der Waals surface area contributed by atoms with Crippen LogP contribution in [0.25, 0.3) is 11.4 Å². The molecule has 0 unspecified atom stereocenters. The number of carbonyl (C=O) groups is 2. The molecular formula is C21H26N4O2. The highest BCUT2D eigenvalue weighted by Crippen LogP contribution is 2.25. The van der Waals surface area contributed by atoms with E-state index in [1.807, 2.05) is 29.2 Å². The van der Waals surface area contributed by atoms with Gasteiger partial charge in [-0.2, -0.15) is 0 Å². The maximum absolute atomic E-state index is 12.9. The number of nitrogens with one attached hydrogen (secondary N) is 2. The number of imidazole rings is 1. The van der Waals surface area contributed by atoms with Gasteiger partial charge in [0.1, 0.15) is 5.82 Å².